The summed E-state index contributed by atoms with van der Waals surface area (Å²) in [5.74, 6) is 0.581. The van der Waals surface area contributed by atoms with Gasteiger partial charge in [-0.15, -0.1) is 11.3 Å². The molecule has 0 saturated carbocycles. The van der Waals surface area contributed by atoms with Gasteiger partial charge in [-0.3, -0.25) is 10.1 Å². The molecule has 0 saturated heterocycles. The summed E-state index contributed by atoms with van der Waals surface area (Å²) in [6, 6.07) is 7.04. The minimum atomic E-state index is -0.255. The molecule has 6 heteroatoms. The summed E-state index contributed by atoms with van der Waals surface area (Å²) in [5, 5.41) is 5.71. The van der Waals surface area contributed by atoms with Gasteiger partial charge in [0.05, 0.1) is 10.7 Å². The number of nitrogens with zero attached hydrogens (tertiary/aromatic N) is 1. The van der Waals surface area contributed by atoms with Crippen LogP contribution >= 0.6 is 22.9 Å². The molecule has 0 unspecified atom stereocenters. The van der Waals surface area contributed by atoms with Crippen LogP contribution in [0.1, 0.15) is 25.5 Å². The Labute approximate surface area is 126 Å². The van der Waals surface area contributed by atoms with Gasteiger partial charge in [0.2, 0.25) is 0 Å². The number of amides is 1. The number of carbonyl (C=O) groups excluding carboxylic acids is 1. The lowest BCUT2D eigenvalue weighted by atomic mass is 10.2. The molecule has 0 atom stereocenters. The van der Waals surface area contributed by atoms with Crippen molar-refractivity contribution in [2.75, 3.05) is 11.9 Å². The van der Waals surface area contributed by atoms with Gasteiger partial charge in [0.1, 0.15) is 5.75 Å². The van der Waals surface area contributed by atoms with Gasteiger partial charge in [-0.25, -0.2) is 4.98 Å². The first kappa shape index (κ1) is 14.8. The molecule has 106 valence electrons. The number of hydrogen-bond donors (Lipinski definition) is 1. The van der Waals surface area contributed by atoms with E-state index in [1.807, 2.05) is 5.38 Å². The first-order valence-corrected chi connectivity index (χ1v) is 7.44. The van der Waals surface area contributed by atoms with Gasteiger partial charge in [0, 0.05) is 5.38 Å². The van der Waals surface area contributed by atoms with E-state index < -0.39 is 0 Å². The number of aromatic nitrogens is 1. The fourth-order valence-electron chi connectivity index (χ4n) is 1.47. The number of rotatable bonds is 5. The number of nitrogens with one attached hydrogen (secondary N) is 1. The average molecular weight is 311 g/mol. The van der Waals surface area contributed by atoms with Gasteiger partial charge in [-0.1, -0.05) is 37.6 Å². The molecule has 0 radical (unpaired) electrons. The Morgan fingerprint density at radius 2 is 2.20 bits per heavy atom. The maximum absolute atomic E-state index is 11.8. The lowest BCUT2D eigenvalue weighted by molar-refractivity contribution is -0.118. The molecule has 0 aliphatic carbocycles. The van der Waals surface area contributed by atoms with Gasteiger partial charge in [0.15, 0.2) is 11.7 Å². The molecule has 0 aliphatic heterocycles. The number of carbonyl (C=O) groups is 1. The average Bonchev–Trinajstić information content (AvgIpc) is 2.86. The van der Waals surface area contributed by atoms with Crippen molar-refractivity contribution in [3.63, 3.8) is 0 Å². The molecule has 0 fully saturated rings. The molecule has 1 aromatic heterocycles. The van der Waals surface area contributed by atoms with Crippen molar-refractivity contribution in [3.8, 4) is 5.75 Å². The molecule has 0 spiro atoms. The van der Waals surface area contributed by atoms with Crippen molar-refractivity contribution in [1.29, 1.82) is 0 Å². The van der Waals surface area contributed by atoms with Crippen LogP contribution < -0.4 is 10.1 Å². The van der Waals surface area contributed by atoms with E-state index in [9.17, 15) is 4.79 Å². The Morgan fingerprint density at radius 1 is 1.45 bits per heavy atom. The second-order valence-electron chi connectivity index (χ2n) is 4.50. The molecular formula is C14H15ClN2O2S. The summed E-state index contributed by atoms with van der Waals surface area (Å²) in [6.45, 7) is 4.02. The minimum absolute atomic E-state index is 0.0969. The number of halogens is 1. The van der Waals surface area contributed by atoms with Gasteiger partial charge in [0.25, 0.3) is 5.91 Å². The van der Waals surface area contributed by atoms with Crippen LogP contribution in [0.3, 0.4) is 0 Å². The van der Waals surface area contributed by atoms with E-state index in [0.29, 0.717) is 21.8 Å². The number of benzene rings is 1. The lowest BCUT2D eigenvalue weighted by Gasteiger charge is -2.07. The summed E-state index contributed by atoms with van der Waals surface area (Å²) in [6.07, 6.45) is 0. The van der Waals surface area contributed by atoms with Gasteiger partial charge in [-0.2, -0.15) is 0 Å². The molecule has 0 bridgehead atoms. The molecule has 1 aromatic carbocycles. The van der Waals surface area contributed by atoms with Crippen LogP contribution in [-0.2, 0) is 4.79 Å². The zero-order valence-corrected chi connectivity index (χ0v) is 12.8. The highest BCUT2D eigenvalue weighted by Gasteiger charge is 2.10. The topological polar surface area (TPSA) is 51.2 Å². The minimum Gasteiger partial charge on any atom is -0.482 e. The normalized spacial score (nSPS) is 10.6. The Hall–Kier alpha value is -1.59. The van der Waals surface area contributed by atoms with Crippen molar-refractivity contribution in [1.82, 2.24) is 4.98 Å². The van der Waals surface area contributed by atoms with E-state index in [1.54, 1.807) is 24.3 Å². The predicted octanol–water partition coefficient (Wildman–Crippen LogP) is 3.94. The molecule has 1 N–H and O–H groups in total. The summed E-state index contributed by atoms with van der Waals surface area (Å²) < 4.78 is 5.36. The molecule has 20 heavy (non-hydrogen) atoms. The first-order valence-electron chi connectivity index (χ1n) is 6.19. The fourth-order valence-corrected chi connectivity index (χ4v) is 2.55. The third kappa shape index (κ3) is 3.95. The largest absolute Gasteiger partial charge is 0.482 e. The molecule has 1 amide bonds. The van der Waals surface area contributed by atoms with Crippen LogP contribution in [0.15, 0.2) is 29.6 Å². The van der Waals surface area contributed by atoms with E-state index >= 15 is 0 Å². The Bertz CT molecular complexity index is 598. The van der Waals surface area contributed by atoms with Crippen LogP contribution in [0.2, 0.25) is 5.02 Å². The molecule has 2 aromatic rings. The van der Waals surface area contributed by atoms with E-state index in [1.165, 1.54) is 11.3 Å². The molecule has 4 nitrogen and oxygen atoms in total. The van der Waals surface area contributed by atoms with Gasteiger partial charge >= 0.3 is 0 Å². The second-order valence-corrected chi connectivity index (χ2v) is 5.76. The van der Waals surface area contributed by atoms with E-state index in [4.69, 9.17) is 16.3 Å². The maximum Gasteiger partial charge on any atom is 0.264 e. The van der Waals surface area contributed by atoms with Crippen LogP contribution in [0.4, 0.5) is 5.13 Å². The van der Waals surface area contributed by atoms with Gasteiger partial charge < -0.3 is 4.74 Å². The molecular weight excluding hydrogens is 296 g/mol. The lowest BCUT2D eigenvalue weighted by Crippen LogP contribution is -2.20. The third-order valence-corrected chi connectivity index (χ3v) is 3.64. The molecule has 0 aliphatic rings. The molecule has 2 rings (SSSR count). The summed E-state index contributed by atoms with van der Waals surface area (Å²) in [5.41, 5.74) is 0.970. The number of ether oxygens (including phenoxy) is 1. The van der Waals surface area contributed by atoms with E-state index in [-0.39, 0.29) is 12.5 Å². The Morgan fingerprint density at radius 3 is 2.85 bits per heavy atom. The summed E-state index contributed by atoms with van der Waals surface area (Å²) in [4.78, 5) is 16.1. The zero-order valence-electron chi connectivity index (χ0n) is 11.2. The standard InChI is InChI=1S/C14H15ClN2O2S/c1-9(2)11-8-20-14(16-11)17-13(18)7-19-12-6-4-3-5-10(12)15/h3-6,8-9H,7H2,1-2H3,(H,16,17,18). The Kier molecular flexibility index (Phi) is 4.98. The number of thiazole rings is 1. The Balaban J connectivity index is 1.88. The second kappa shape index (κ2) is 6.72. The van der Waals surface area contributed by atoms with Crippen molar-refractivity contribution in [2.45, 2.75) is 19.8 Å². The number of hydrogen-bond acceptors (Lipinski definition) is 4. The number of para-hydroxylation sites is 1. The maximum atomic E-state index is 11.8. The van der Waals surface area contributed by atoms with E-state index in [2.05, 4.69) is 24.1 Å². The van der Waals surface area contributed by atoms with Crippen LogP contribution in [-0.4, -0.2) is 17.5 Å². The SMILES string of the molecule is CC(C)c1csc(NC(=O)COc2ccccc2Cl)n1. The van der Waals surface area contributed by atoms with Crippen LogP contribution in [0, 0.1) is 0 Å². The summed E-state index contributed by atoms with van der Waals surface area (Å²) in [7, 11) is 0. The summed E-state index contributed by atoms with van der Waals surface area (Å²) >= 11 is 7.35. The fraction of sp³-hybridized carbons (Fsp3) is 0.286. The highest BCUT2D eigenvalue weighted by atomic mass is 35.5. The van der Waals surface area contributed by atoms with Crippen LogP contribution in [0.25, 0.3) is 0 Å². The van der Waals surface area contributed by atoms with Crippen molar-refractivity contribution < 1.29 is 9.53 Å². The van der Waals surface area contributed by atoms with Gasteiger partial charge in [-0.05, 0) is 18.1 Å². The van der Waals surface area contributed by atoms with Crippen LogP contribution in [0.5, 0.6) is 5.75 Å². The highest BCUT2D eigenvalue weighted by Crippen LogP contribution is 2.23. The smallest absolute Gasteiger partial charge is 0.264 e. The van der Waals surface area contributed by atoms with E-state index in [0.717, 1.165) is 5.69 Å². The zero-order chi connectivity index (χ0) is 14.5. The van der Waals surface area contributed by atoms with Crippen molar-refractivity contribution in [3.05, 3.63) is 40.4 Å². The first-order chi connectivity index (χ1) is 9.56. The predicted molar refractivity (Wildman–Crippen MR) is 81.8 cm³/mol. The number of anilines is 1. The van der Waals surface area contributed by atoms with Crippen molar-refractivity contribution >= 4 is 34.0 Å². The third-order valence-electron chi connectivity index (χ3n) is 2.56. The highest BCUT2D eigenvalue weighted by molar-refractivity contribution is 7.13. The monoisotopic (exact) mass is 310 g/mol. The molecule has 1 heterocycles. The quantitative estimate of drug-likeness (QED) is 0.910. The van der Waals surface area contributed by atoms with Crippen molar-refractivity contribution in [2.24, 2.45) is 0 Å².